The van der Waals surface area contributed by atoms with Gasteiger partial charge < -0.3 is 55.9 Å². The van der Waals surface area contributed by atoms with Crippen LogP contribution in [0, 0.1) is 43.1 Å². The molecule has 0 atom stereocenters. The third kappa shape index (κ3) is 1100. The van der Waals surface area contributed by atoms with Gasteiger partial charge in [-0.15, -0.1) is 0 Å². The SMILES string of the molecule is [Mg+2].[Mg+2].[O-][Cl+2]([O-])[O-].[O-][Cl+2]([O-])[O-].[O-][Cl+2]([O-])[O-].[O-][Cl+2]([O-])[O-]. The molecule has 0 heterocycles. The maximum absolute atomic E-state index is 8.41. The molecular formula is Cl4Mg2O12. The van der Waals surface area contributed by atoms with E-state index in [0.717, 1.165) is 0 Å². The van der Waals surface area contributed by atoms with Crippen molar-refractivity contribution in [3.63, 3.8) is 0 Å². The van der Waals surface area contributed by atoms with E-state index in [1.807, 2.05) is 0 Å². The molecule has 18 heteroatoms. The fourth-order valence-corrected chi connectivity index (χ4v) is 0. The smallest absolute Gasteiger partial charge is 0.357 e. The monoisotopic (exact) mass is 380 g/mol. The molecule has 18 heavy (non-hydrogen) atoms. The van der Waals surface area contributed by atoms with Crippen molar-refractivity contribution >= 4 is 46.1 Å². The van der Waals surface area contributed by atoms with Crippen molar-refractivity contribution in [2.24, 2.45) is 0 Å². The van der Waals surface area contributed by atoms with Gasteiger partial charge in [-0.05, 0) is 0 Å². The predicted molar refractivity (Wildman–Crippen MR) is 11.5 cm³/mol. The second kappa shape index (κ2) is 31.5. The van der Waals surface area contributed by atoms with Gasteiger partial charge in [0.15, 0.2) is 0 Å². The van der Waals surface area contributed by atoms with Crippen LogP contribution in [0.25, 0.3) is 0 Å². The molecule has 0 aromatic rings. The molecule has 0 radical (unpaired) electrons. The van der Waals surface area contributed by atoms with E-state index in [-0.39, 0.29) is 46.1 Å². The molecule has 104 valence electrons. The second-order valence-electron chi connectivity index (χ2n) is 0.756. The summed E-state index contributed by atoms with van der Waals surface area (Å²) in [5.41, 5.74) is 0. The summed E-state index contributed by atoms with van der Waals surface area (Å²) in [6, 6.07) is 0. The number of hydrogen-bond donors (Lipinski definition) is 0. The van der Waals surface area contributed by atoms with Crippen LogP contribution in [0.1, 0.15) is 0 Å². The molecule has 0 aromatic heterocycles. The zero-order valence-electron chi connectivity index (χ0n) is 7.83. The Kier molecular flexibility index (Phi) is 64.7. The number of halogens is 4. The Balaban J connectivity index is -0.0000000257. The molecule has 0 amide bonds. The molecule has 0 saturated heterocycles. The van der Waals surface area contributed by atoms with Gasteiger partial charge >= 0.3 is 46.1 Å². The van der Waals surface area contributed by atoms with Crippen LogP contribution >= 0.6 is 0 Å². The largest absolute Gasteiger partial charge is 2.00 e. The van der Waals surface area contributed by atoms with E-state index in [4.69, 9.17) is 55.9 Å². The third-order valence-corrected chi connectivity index (χ3v) is 0. The van der Waals surface area contributed by atoms with Crippen LogP contribution in [-0.2, 0) is 0 Å². The molecule has 0 unspecified atom stereocenters. The van der Waals surface area contributed by atoms with Crippen molar-refractivity contribution in [1.82, 2.24) is 0 Å². The van der Waals surface area contributed by atoms with Crippen molar-refractivity contribution < 1.29 is 99.0 Å². The zero-order valence-corrected chi connectivity index (χ0v) is 13.7. The van der Waals surface area contributed by atoms with Crippen LogP contribution in [0.4, 0.5) is 0 Å². The van der Waals surface area contributed by atoms with Gasteiger partial charge in [0.25, 0.3) is 0 Å². The Morgan fingerprint density at radius 2 is 0.278 bits per heavy atom. The average Bonchev–Trinajstić information content (AvgIpc) is 1.76. The normalized spacial score (nSPS) is 8.00. The van der Waals surface area contributed by atoms with Gasteiger partial charge in [-0.3, -0.25) is 0 Å². The quantitative estimate of drug-likeness (QED) is 0.353. The third-order valence-electron chi connectivity index (χ3n) is 0. The first-order valence-electron chi connectivity index (χ1n) is 1.85. The van der Waals surface area contributed by atoms with E-state index >= 15 is 0 Å². The summed E-state index contributed by atoms with van der Waals surface area (Å²) < 4.78 is 101. The first kappa shape index (κ1) is 36.9. The van der Waals surface area contributed by atoms with E-state index in [2.05, 4.69) is 0 Å². The number of hydrogen-bond acceptors (Lipinski definition) is 12. The van der Waals surface area contributed by atoms with Gasteiger partial charge in [0, 0.05) is 0 Å². The van der Waals surface area contributed by atoms with Crippen LogP contribution in [0.15, 0.2) is 0 Å². The van der Waals surface area contributed by atoms with Crippen LogP contribution < -0.4 is 55.9 Å². The van der Waals surface area contributed by atoms with Crippen LogP contribution in [0.2, 0.25) is 0 Å². The fourth-order valence-electron chi connectivity index (χ4n) is 0. The van der Waals surface area contributed by atoms with Crippen LogP contribution in [0.3, 0.4) is 0 Å². The summed E-state index contributed by atoms with van der Waals surface area (Å²) in [7, 11) is -11.4. The molecule has 0 spiro atoms. The van der Waals surface area contributed by atoms with E-state index in [1.54, 1.807) is 0 Å². The molecule has 12 nitrogen and oxygen atoms in total. The van der Waals surface area contributed by atoms with E-state index in [9.17, 15) is 0 Å². The van der Waals surface area contributed by atoms with Gasteiger partial charge in [0.1, 0.15) is 0 Å². The van der Waals surface area contributed by atoms with E-state index in [1.165, 1.54) is 0 Å². The van der Waals surface area contributed by atoms with Gasteiger partial charge in [-0.25, -0.2) is 0 Å². The van der Waals surface area contributed by atoms with Crippen molar-refractivity contribution in [1.29, 1.82) is 0 Å². The minimum absolute atomic E-state index is 0. The Morgan fingerprint density at radius 1 is 0.278 bits per heavy atom. The summed E-state index contributed by atoms with van der Waals surface area (Å²) in [5, 5.41) is 0. The Morgan fingerprint density at radius 3 is 0.278 bits per heavy atom. The molecule has 0 saturated carbocycles. The van der Waals surface area contributed by atoms with E-state index in [0.29, 0.717) is 0 Å². The Bertz CT molecular complexity index is 65.1. The molecule has 0 aliphatic carbocycles. The molecule has 0 N–H and O–H groups in total. The first-order chi connectivity index (χ1) is 6.93. The Hall–Kier alpha value is 2.21. The first-order valence-corrected chi connectivity index (χ1v) is 5.55. The molecular weight excluding hydrogens is 382 g/mol. The van der Waals surface area contributed by atoms with Gasteiger partial charge in [-0.1, -0.05) is 0 Å². The van der Waals surface area contributed by atoms with Crippen molar-refractivity contribution in [2.45, 2.75) is 0 Å². The summed E-state index contributed by atoms with van der Waals surface area (Å²) in [6.07, 6.45) is 0. The maximum atomic E-state index is 8.41. The van der Waals surface area contributed by atoms with Crippen molar-refractivity contribution in [3.05, 3.63) is 0 Å². The topological polar surface area (TPSA) is 277 Å². The second-order valence-corrected chi connectivity index (χ2v) is 2.27. The maximum Gasteiger partial charge on any atom is 2.00 e. The molecule has 0 rings (SSSR count). The molecule has 0 bridgehead atoms. The number of rotatable bonds is 0. The van der Waals surface area contributed by atoms with Crippen molar-refractivity contribution in [2.75, 3.05) is 0 Å². The molecule has 0 aliphatic heterocycles. The minimum atomic E-state index is -2.85. The van der Waals surface area contributed by atoms with Crippen LogP contribution in [-0.4, -0.2) is 46.1 Å². The summed E-state index contributed by atoms with van der Waals surface area (Å²) >= 11 is 0. The predicted octanol–water partition coefficient (Wildman–Crippen LogP) is -15.0. The summed E-state index contributed by atoms with van der Waals surface area (Å²) in [6.45, 7) is 0. The molecule has 0 aliphatic rings. The fraction of sp³-hybridized carbons (Fsp3) is 0. The Labute approximate surface area is 144 Å². The molecule has 0 aromatic carbocycles. The summed E-state index contributed by atoms with van der Waals surface area (Å²) in [4.78, 5) is 0. The van der Waals surface area contributed by atoms with E-state index < -0.39 is 43.1 Å². The van der Waals surface area contributed by atoms with Gasteiger partial charge in [-0.2, -0.15) is 0 Å². The van der Waals surface area contributed by atoms with Crippen molar-refractivity contribution in [3.8, 4) is 0 Å². The van der Waals surface area contributed by atoms with Gasteiger partial charge in [0.05, 0.1) is 43.1 Å². The van der Waals surface area contributed by atoms with Gasteiger partial charge in [0.2, 0.25) is 0 Å². The molecule has 0 fully saturated rings. The zero-order chi connectivity index (χ0) is 14.3. The van der Waals surface area contributed by atoms with Crippen LogP contribution in [0.5, 0.6) is 0 Å². The average molecular weight is 382 g/mol. The standard InChI is InChI=1S/4ClO3.2Mg/c4*2-1(3)4;;/q4*-1;2*+2. The summed E-state index contributed by atoms with van der Waals surface area (Å²) in [5.74, 6) is 0. The minimum Gasteiger partial charge on any atom is -0.357 e.